The molecular formula is C15H21N3O3S. The van der Waals surface area contributed by atoms with Crippen molar-refractivity contribution < 1.29 is 13.2 Å². The normalized spacial score (nSPS) is 39.5. The summed E-state index contributed by atoms with van der Waals surface area (Å²) in [4.78, 5) is 11.7. The van der Waals surface area contributed by atoms with Crippen molar-refractivity contribution in [2.75, 3.05) is 0 Å². The SMILES string of the molecule is NC(=O)C1(N)CC(N)C2C1CC(Cc1ccccc1)S2(=O)=O. The number of carbonyl (C=O) groups excluding carboxylic acids is 1. The van der Waals surface area contributed by atoms with Gasteiger partial charge < -0.3 is 17.2 Å². The number of benzene rings is 1. The van der Waals surface area contributed by atoms with Gasteiger partial charge >= 0.3 is 0 Å². The van der Waals surface area contributed by atoms with E-state index in [1.807, 2.05) is 30.3 Å². The van der Waals surface area contributed by atoms with Crippen LogP contribution in [0.15, 0.2) is 30.3 Å². The van der Waals surface area contributed by atoms with Gasteiger partial charge in [0.2, 0.25) is 5.91 Å². The maximum Gasteiger partial charge on any atom is 0.237 e. The van der Waals surface area contributed by atoms with Gasteiger partial charge in [-0.25, -0.2) is 8.42 Å². The summed E-state index contributed by atoms with van der Waals surface area (Å²) < 4.78 is 25.6. The van der Waals surface area contributed by atoms with Crippen LogP contribution in [-0.2, 0) is 21.1 Å². The molecule has 1 saturated heterocycles. The molecule has 2 fully saturated rings. The molecule has 6 nitrogen and oxygen atoms in total. The molecule has 2 aliphatic rings. The molecule has 5 atom stereocenters. The van der Waals surface area contributed by atoms with E-state index in [-0.39, 0.29) is 6.42 Å². The van der Waals surface area contributed by atoms with Gasteiger partial charge in [0.05, 0.1) is 10.5 Å². The van der Waals surface area contributed by atoms with Gasteiger partial charge in [-0.1, -0.05) is 30.3 Å². The van der Waals surface area contributed by atoms with Crippen molar-refractivity contribution >= 4 is 15.7 Å². The third-order valence-corrected chi connectivity index (χ3v) is 7.90. The average Bonchev–Trinajstić information content (AvgIpc) is 2.86. The Morgan fingerprint density at radius 1 is 1.27 bits per heavy atom. The van der Waals surface area contributed by atoms with E-state index in [1.165, 1.54) is 0 Å². The minimum Gasteiger partial charge on any atom is -0.368 e. The summed E-state index contributed by atoms with van der Waals surface area (Å²) in [5, 5.41) is -1.32. The van der Waals surface area contributed by atoms with E-state index < -0.39 is 43.7 Å². The lowest BCUT2D eigenvalue weighted by molar-refractivity contribution is -0.124. The minimum absolute atomic E-state index is 0.134. The van der Waals surface area contributed by atoms with Crippen LogP contribution >= 0.6 is 0 Å². The van der Waals surface area contributed by atoms with E-state index >= 15 is 0 Å². The summed E-state index contributed by atoms with van der Waals surface area (Å²) in [5.41, 5.74) is 17.2. The minimum atomic E-state index is -3.43. The first-order valence-electron chi connectivity index (χ1n) is 7.38. The van der Waals surface area contributed by atoms with Crippen molar-refractivity contribution in [3.63, 3.8) is 0 Å². The lowest BCUT2D eigenvalue weighted by atomic mass is 9.83. The summed E-state index contributed by atoms with van der Waals surface area (Å²) in [7, 11) is -3.43. The van der Waals surface area contributed by atoms with Crippen LogP contribution in [0.2, 0.25) is 0 Å². The van der Waals surface area contributed by atoms with Crippen LogP contribution in [0.5, 0.6) is 0 Å². The number of primary amides is 1. The van der Waals surface area contributed by atoms with E-state index in [0.717, 1.165) is 5.56 Å². The molecule has 1 saturated carbocycles. The number of hydrogen-bond donors (Lipinski definition) is 3. The third-order valence-electron chi connectivity index (χ3n) is 5.18. The van der Waals surface area contributed by atoms with E-state index in [4.69, 9.17) is 17.2 Å². The summed E-state index contributed by atoms with van der Waals surface area (Å²) >= 11 is 0. The molecule has 0 bridgehead atoms. The van der Waals surface area contributed by atoms with Gasteiger partial charge in [0.1, 0.15) is 5.54 Å². The molecule has 0 spiro atoms. The fourth-order valence-corrected chi connectivity index (χ4v) is 6.81. The molecule has 0 radical (unpaired) electrons. The molecule has 22 heavy (non-hydrogen) atoms. The van der Waals surface area contributed by atoms with Crippen molar-refractivity contribution in [1.82, 2.24) is 0 Å². The van der Waals surface area contributed by atoms with Gasteiger partial charge in [-0.3, -0.25) is 4.79 Å². The smallest absolute Gasteiger partial charge is 0.237 e. The van der Waals surface area contributed by atoms with Crippen LogP contribution in [0, 0.1) is 5.92 Å². The number of rotatable bonds is 3. The Morgan fingerprint density at radius 3 is 2.50 bits per heavy atom. The second-order valence-electron chi connectivity index (χ2n) is 6.48. The summed E-state index contributed by atoms with van der Waals surface area (Å²) in [6.45, 7) is 0. The van der Waals surface area contributed by atoms with Gasteiger partial charge in [-0.15, -0.1) is 0 Å². The summed E-state index contributed by atoms with van der Waals surface area (Å²) in [6.07, 6.45) is 0.891. The Bertz CT molecular complexity index is 691. The molecular weight excluding hydrogens is 302 g/mol. The maximum atomic E-state index is 12.8. The predicted molar refractivity (Wildman–Crippen MR) is 83.5 cm³/mol. The second-order valence-corrected chi connectivity index (χ2v) is 8.87. The number of fused-ring (bicyclic) bond motifs is 1. The first-order chi connectivity index (χ1) is 10.3. The molecule has 1 aromatic carbocycles. The van der Waals surface area contributed by atoms with Crippen molar-refractivity contribution in [2.24, 2.45) is 23.1 Å². The van der Waals surface area contributed by atoms with Gasteiger partial charge in [0, 0.05) is 12.0 Å². The van der Waals surface area contributed by atoms with Gasteiger partial charge in [-0.2, -0.15) is 0 Å². The van der Waals surface area contributed by atoms with E-state index in [2.05, 4.69) is 0 Å². The fourth-order valence-electron chi connectivity index (χ4n) is 4.07. The van der Waals surface area contributed by atoms with Crippen LogP contribution in [0.3, 0.4) is 0 Å². The van der Waals surface area contributed by atoms with Crippen molar-refractivity contribution in [1.29, 1.82) is 0 Å². The van der Waals surface area contributed by atoms with E-state index in [1.54, 1.807) is 0 Å². The number of sulfone groups is 1. The highest BCUT2D eigenvalue weighted by Crippen LogP contribution is 2.48. The first-order valence-corrected chi connectivity index (χ1v) is 8.99. The van der Waals surface area contributed by atoms with E-state index in [9.17, 15) is 13.2 Å². The Hall–Kier alpha value is -1.44. The van der Waals surface area contributed by atoms with Crippen LogP contribution in [0.4, 0.5) is 0 Å². The highest BCUT2D eigenvalue weighted by Gasteiger charge is 2.63. The fraction of sp³-hybridized carbons (Fsp3) is 0.533. The molecule has 7 heteroatoms. The average molecular weight is 323 g/mol. The Kier molecular flexibility index (Phi) is 3.54. The molecule has 0 aromatic heterocycles. The zero-order valence-electron chi connectivity index (χ0n) is 12.2. The van der Waals surface area contributed by atoms with Gasteiger partial charge in [-0.05, 0) is 24.8 Å². The topological polar surface area (TPSA) is 129 Å². The highest BCUT2D eigenvalue weighted by atomic mass is 32.2. The molecule has 1 amide bonds. The zero-order valence-corrected chi connectivity index (χ0v) is 13.0. The number of carbonyl (C=O) groups is 1. The lowest BCUT2D eigenvalue weighted by Crippen LogP contribution is -2.55. The monoisotopic (exact) mass is 323 g/mol. The molecule has 6 N–H and O–H groups in total. The quantitative estimate of drug-likeness (QED) is 0.678. The Balaban J connectivity index is 1.93. The standard InChI is InChI=1S/C15H21N3O3S/c16-12-8-15(18,14(17)19)11-7-10(22(20,21)13(11)12)6-9-4-2-1-3-5-9/h1-5,10-13H,6-8,16,18H2,(H2,17,19). The maximum absolute atomic E-state index is 12.8. The van der Waals surface area contributed by atoms with Crippen LogP contribution in [0.25, 0.3) is 0 Å². The number of nitrogens with two attached hydrogens (primary N) is 3. The van der Waals surface area contributed by atoms with Crippen molar-refractivity contribution in [2.45, 2.75) is 41.3 Å². The molecule has 1 aliphatic carbocycles. The number of hydrogen-bond acceptors (Lipinski definition) is 5. The molecule has 120 valence electrons. The third kappa shape index (κ3) is 2.15. The summed E-state index contributed by atoms with van der Waals surface area (Å²) in [6, 6.07) is 8.80. The van der Waals surface area contributed by atoms with Gasteiger partial charge in [0.25, 0.3) is 0 Å². The zero-order chi connectivity index (χ0) is 16.1. The van der Waals surface area contributed by atoms with Crippen LogP contribution < -0.4 is 17.2 Å². The Labute approximate surface area is 130 Å². The lowest BCUT2D eigenvalue weighted by Gasteiger charge is -2.26. The number of amides is 1. The predicted octanol–water partition coefficient (Wildman–Crippen LogP) is -0.685. The van der Waals surface area contributed by atoms with Gasteiger partial charge in [0.15, 0.2) is 9.84 Å². The Morgan fingerprint density at radius 2 is 1.91 bits per heavy atom. The molecule has 1 aromatic rings. The van der Waals surface area contributed by atoms with Crippen LogP contribution in [0.1, 0.15) is 18.4 Å². The largest absolute Gasteiger partial charge is 0.368 e. The van der Waals surface area contributed by atoms with Crippen molar-refractivity contribution in [3.8, 4) is 0 Å². The van der Waals surface area contributed by atoms with E-state index in [0.29, 0.717) is 12.8 Å². The van der Waals surface area contributed by atoms with Crippen LogP contribution in [-0.4, -0.2) is 36.4 Å². The first kappa shape index (κ1) is 15.5. The molecule has 1 aliphatic heterocycles. The molecule has 1 heterocycles. The summed E-state index contributed by atoms with van der Waals surface area (Å²) in [5.74, 6) is -1.15. The molecule has 3 rings (SSSR count). The second kappa shape index (κ2) is 5.04. The van der Waals surface area contributed by atoms with Crippen molar-refractivity contribution in [3.05, 3.63) is 35.9 Å². The molecule has 5 unspecified atom stereocenters. The highest BCUT2D eigenvalue weighted by molar-refractivity contribution is 7.93.